The first-order valence-corrected chi connectivity index (χ1v) is 7.94. The highest BCUT2D eigenvalue weighted by atomic mass is 35.5. The molecule has 0 spiro atoms. The van der Waals surface area contributed by atoms with E-state index in [1.165, 1.54) is 37.7 Å². The van der Waals surface area contributed by atoms with Crippen molar-refractivity contribution < 1.29 is 0 Å². The standard InChI is InChI=1S/C17H26ClN/c1-13(2)12-16(19)17(10-4-3-5-11-17)14-6-8-15(18)9-7-14/h6-9,13,16H,3-5,10-12,19H2,1-2H3. The van der Waals surface area contributed by atoms with Gasteiger partial charge in [-0.3, -0.25) is 0 Å². The molecule has 1 nitrogen and oxygen atoms in total. The predicted octanol–water partition coefficient (Wildman–Crippen LogP) is 4.92. The maximum absolute atomic E-state index is 6.62. The van der Waals surface area contributed by atoms with E-state index in [0.717, 1.165) is 11.4 Å². The fourth-order valence-corrected chi connectivity index (χ4v) is 3.70. The van der Waals surface area contributed by atoms with Crippen LogP contribution in [0, 0.1) is 5.92 Å². The molecule has 1 aromatic carbocycles. The Morgan fingerprint density at radius 2 is 1.68 bits per heavy atom. The highest BCUT2D eigenvalue weighted by Gasteiger charge is 2.39. The van der Waals surface area contributed by atoms with E-state index in [9.17, 15) is 0 Å². The summed E-state index contributed by atoms with van der Waals surface area (Å²) in [7, 11) is 0. The molecule has 106 valence electrons. The zero-order chi connectivity index (χ0) is 13.9. The van der Waals surface area contributed by atoms with E-state index in [-0.39, 0.29) is 11.5 Å². The van der Waals surface area contributed by atoms with Gasteiger partial charge in [0, 0.05) is 16.5 Å². The molecule has 19 heavy (non-hydrogen) atoms. The first-order valence-electron chi connectivity index (χ1n) is 7.56. The zero-order valence-corrected chi connectivity index (χ0v) is 12.9. The van der Waals surface area contributed by atoms with E-state index in [1.54, 1.807) is 0 Å². The first-order chi connectivity index (χ1) is 9.04. The lowest BCUT2D eigenvalue weighted by Crippen LogP contribution is -2.47. The van der Waals surface area contributed by atoms with Crippen molar-refractivity contribution in [1.29, 1.82) is 0 Å². The van der Waals surface area contributed by atoms with E-state index in [0.29, 0.717) is 5.92 Å². The van der Waals surface area contributed by atoms with Crippen molar-refractivity contribution in [3.63, 3.8) is 0 Å². The topological polar surface area (TPSA) is 26.0 Å². The van der Waals surface area contributed by atoms with Crippen LogP contribution < -0.4 is 5.73 Å². The average Bonchev–Trinajstić information content (AvgIpc) is 2.39. The molecule has 1 aliphatic carbocycles. The summed E-state index contributed by atoms with van der Waals surface area (Å²) < 4.78 is 0. The zero-order valence-electron chi connectivity index (χ0n) is 12.2. The third kappa shape index (κ3) is 3.32. The summed E-state index contributed by atoms with van der Waals surface area (Å²) in [6, 6.07) is 8.65. The lowest BCUT2D eigenvalue weighted by atomic mass is 9.63. The van der Waals surface area contributed by atoms with Gasteiger partial charge in [0.15, 0.2) is 0 Å². The van der Waals surface area contributed by atoms with Crippen LogP contribution in [0.5, 0.6) is 0 Å². The van der Waals surface area contributed by atoms with Gasteiger partial charge >= 0.3 is 0 Å². The fourth-order valence-electron chi connectivity index (χ4n) is 3.57. The first kappa shape index (κ1) is 14.9. The summed E-state index contributed by atoms with van der Waals surface area (Å²) >= 11 is 6.03. The van der Waals surface area contributed by atoms with Crippen molar-refractivity contribution in [2.24, 2.45) is 11.7 Å². The predicted molar refractivity (Wildman–Crippen MR) is 83.6 cm³/mol. The molecule has 1 fully saturated rings. The molecule has 0 amide bonds. The highest BCUT2D eigenvalue weighted by Crippen LogP contribution is 2.43. The number of nitrogens with two attached hydrogens (primary N) is 1. The van der Waals surface area contributed by atoms with Gasteiger partial charge in [0.2, 0.25) is 0 Å². The van der Waals surface area contributed by atoms with E-state index in [4.69, 9.17) is 17.3 Å². The van der Waals surface area contributed by atoms with Crippen LogP contribution >= 0.6 is 11.6 Å². The number of rotatable bonds is 4. The molecule has 0 radical (unpaired) electrons. The van der Waals surface area contributed by atoms with Gasteiger partial charge in [-0.1, -0.05) is 56.8 Å². The Balaban J connectivity index is 2.30. The molecule has 1 atom stereocenters. The minimum absolute atomic E-state index is 0.174. The molecule has 0 bridgehead atoms. The molecule has 1 aliphatic rings. The average molecular weight is 280 g/mol. The largest absolute Gasteiger partial charge is 0.327 e. The van der Waals surface area contributed by atoms with Crippen molar-refractivity contribution in [3.05, 3.63) is 34.9 Å². The van der Waals surface area contributed by atoms with E-state index in [1.807, 2.05) is 12.1 Å². The molecule has 0 heterocycles. The third-order valence-electron chi connectivity index (χ3n) is 4.60. The molecule has 0 aliphatic heterocycles. The number of hydrogen-bond donors (Lipinski definition) is 1. The Kier molecular flexibility index (Phi) is 4.92. The van der Waals surface area contributed by atoms with Gasteiger partial charge < -0.3 is 5.73 Å². The SMILES string of the molecule is CC(C)CC(N)C1(c2ccc(Cl)cc2)CCCCC1. The summed E-state index contributed by atoms with van der Waals surface area (Å²) in [5, 5.41) is 0.812. The second-order valence-corrected chi connectivity index (χ2v) is 6.90. The Morgan fingerprint density at radius 1 is 1.11 bits per heavy atom. The molecule has 1 unspecified atom stereocenters. The van der Waals surface area contributed by atoms with E-state index >= 15 is 0 Å². The molecule has 1 saturated carbocycles. The van der Waals surface area contributed by atoms with Crippen LogP contribution in [-0.4, -0.2) is 6.04 Å². The van der Waals surface area contributed by atoms with Crippen molar-refractivity contribution in [3.8, 4) is 0 Å². The Morgan fingerprint density at radius 3 is 2.21 bits per heavy atom. The molecule has 0 aromatic heterocycles. The third-order valence-corrected chi connectivity index (χ3v) is 4.85. The summed E-state index contributed by atoms with van der Waals surface area (Å²) in [5.74, 6) is 0.654. The van der Waals surface area contributed by atoms with Crippen LogP contribution in [0.25, 0.3) is 0 Å². The summed E-state index contributed by atoms with van der Waals surface area (Å²) in [6.07, 6.45) is 7.50. The minimum Gasteiger partial charge on any atom is -0.327 e. The second kappa shape index (κ2) is 6.28. The van der Waals surface area contributed by atoms with E-state index < -0.39 is 0 Å². The number of halogens is 1. The summed E-state index contributed by atoms with van der Waals surface area (Å²) in [6.45, 7) is 4.52. The Hall–Kier alpha value is -0.530. The normalized spacial score (nSPS) is 20.5. The quantitative estimate of drug-likeness (QED) is 0.832. The van der Waals surface area contributed by atoms with Crippen LogP contribution in [0.1, 0.15) is 57.9 Å². The molecule has 2 rings (SSSR count). The van der Waals surface area contributed by atoms with Gasteiger partial charge in [-0.05, 0) is 42.9 Å². The highest BCUT2D eigenvalue weighted by molar-refractivity contribution is 6.30. The molecular weight excluding hydrogens is 254 g/mol. The van der Waals surface area contributed by atoms with Gasteiger partial charge in [0.05, 0.1) is 0 Å². The summed E-state index contributed by atoms with van der Waals surface area (Å²) in [4.78, 5) is 0. The Bertz CT molecular complexity index is 390. The molecular formula is C17H26ClN. The van der Waals surface area contributed by atoms with Gasteiger partial charge in [-0.2, -0.15) is 0 Å². The fraction of sp³-hybridized carbons (Fsp3) is 0.647. The maximum atomic E-state index is 6.62. The minimum atomic E-state index is 0.174. The molecule has 2 N–H and O–H groups in total. The van der Waals surface area contributed by atoms with Crippen LogP contribution in [0.4, 0.5) is 0 Å². The van der Waals surface area contributed by atoms with Gasteiger partial charge in [-0.25, -0.2) is 0 Å². The number of benzene rings is 1. The van der Waals surface area contributed by atoms with Gasteiger partial charge in [0.25, 0.3) is 0 Å². The maximum Gasteiger partial charge on any atom is 0.0406 e. The van der Waals surface area contributed by atoms with Crippen LogP contribution in [0.2, 0.25) is 5.02 Å². The van der Waals surface area contributed by atoms with Gasteiger partial charge in [0.1, 0.15) is 0 Å². The Labute approximate surface area is 122 Å². The molecule has 1 aromatic rings. The summed E-state index contributed by atoms with van der Waals surface area (Å²) in [5.41, 5.74) is 8.19. The molecule has 0 saturated heterocycles. The van der Waals surface area contributed by atoms with Crippen molar-refractivity contribution in [1.82, 2.24) is 0 Å². The van der Waals surface area contributed by atoms with Crippen molar-refractivity contribution in [2.75, 3.05) is 0 Å². The lowest BCUT2D eigenvalue weighted by Gasteiger charge is -2.43. The molecule has 2 heteroatoms. The van der Waals surface area contributed by atoms with Gasteiger partial charge in [-0.15, -0.1) is 0 Å². The monoisotopic (exact) mass is 279 g/mol. The van der Waals surface area contributed by atoms with Crippen LogP contribution in [-0.2, 0) is 5.41 Å². The second-order valence-electron chi connectivity index (χ2n) is 6.46. The van der Waals surface area contributed by atoms with Crippen molar-refractivity contribution >= 4 is 11.6 Å². The van der Waals surface area contributed by atoms with Crippen molar-refractivity contribution in [2.45, 2.75) is 63.8 Å². The smallest absolute Gasteiger partial charge is 0.0406 e. The number of hydrogen-bond acceptors (Lipinski definition) is 1. The van der Waals surface area contributed by atoms with Crippen LogP contribution in [0.15, 0.2) is 24.3 Å². The lowest BCUT2D eigenvalue weighted by molar-refractivity contribution is 0.221. The van der Waals surface area contributed by atoms with Crippen LogP contribution in [0.3, 0.4) is 0 Å². The van der Waals surface area contributed by atoms with E-state index in [2.05, 4.69) is 26.0 Å².